The van der Waals surface area contributed by atoms with Crippen molar-refractivity contribution in [3.63, 3.8) is 0 Å². The summed E-state index contributed by atoms with van der Waals surface area (Å²) in [4.78, 5) is 25.2. The Morgan fingerprint density at radius 3 is 2.48 bits per heavy atom. The normalized spacial score (nSPS) is 10.2. The Bertz CT molecular complexity index is 465. The summed E-state index contributed by atoms with van der Waals surface area (Å²) in [6.45, 7) is 4.98. The maximum absolute atomic E-state index is 12.1. The van der Waals surface area contributed by atoms with Crippen LogP contribution >= 0.6 is 23.4 Å². The number of nitrogens with one attached hydrogen (secondary N) is 1. The Labute approximate surface area is 135 Å². The highest BCUT2D eigenvalue weighted by Crippen LogP contribution is 2.15. The molecule has 0 saturated carbocycles. The SMILES string of the molecule is CCNC(=O)CN(CC)C(=O)CSCc1ccc(Cl)cc1. The van der Waals surface area contributed by atoms with E-state index in [0.29, 0.717) is 23.9 Å². The zero-order valence-corrected chi connectivity index (χ0v) is 14.0. The molecule has 0 heterocycles. The first kappa shape index (κ1) is 17.9. The molecular weight excluding hydrogens is 308 g/mol. The molecule has 116 valence electrons. The van der Waals surface area contributed by atoms with Crippen LogP contribution < -0.4 is 5.32 Å². The summed E-state index contributed by atoms with van der Waals surface area (Å²) in [6, 6.07) is 7.58. The number of amides is 2. The monoisotopic (exact) mass is 328 g/mol. The van der Waals surface area contributed by atoms with Crippen LogP contribution in [0.2, 0.25) is 5.02 Å². The molecule has 0 unspecified atom stereocenters. The summed E-state index contributed by atoms with van der Waals surface area (Å²) >= 11 is 7.36. The summed E-state index contributed by atoms with van der Waals surface area (Å²) in [5.41, 5.74) is 1.13. The van der Waals surface area contributed by atoms with Crippen molar-refractivity contribution in [3.05, 3.63) is 34.9 Å². The van der Waals surface area contributed by atoms with E-state index in [2.05, 4.69) is 5.32 Å². The number of hydrogen-bond acceptors (Lipinski definition) is 3. The number of likely N-dealkylation sites (N-methyl/N-ethyl adjacent to an activating group) is 2. The number of carbonyl (C=O) groups excluding carboxylic acids is 2. The first-order chi connectivity index (χ1) is 10.1. The number of hydrogen-bond donors (Lipinski definition) is 1. The third kappa shape index (κ3) is 6.87. The average molecular weight is 329 g/mol. The van der Waals surface area contributed by atoms with E-state index in [1.807, 2.05) is 38.1 Å². The fourth-order valence-electron chi connectivity index (χ4n) is 1.73. The molecule has 0 saturated heterocycles. The summed E-state index contributed by atoms with van der Waals surface area (Å²) in [6.07, 6.45) is 0. The number of thioether (sulfide) groups is 1. The standard InChI is InChI=1S/C15H21ClN2O2S/c1-3-17-14(19)9-18(4-2)15(20)11-21-10-12-5-7-13(16)8-6-12/h5-8H,3-4,9-11H2,1-2H3,(H,17,19). The molecule has 1 rings (SSSR count). The number of benzene rings is 1. The summed E-state index contributed by atoms with van der Waals surface area (Å²) in [7, 11) is 0. The molecule has 0 radical (unpaired) electrons. The first-order valence-corrected chi connectivity index (χ1v) is 8.46. The maximum atomic E-state index is 12.1. The van der Waals surface area contributed by atoms with E-state index in [1.165, 1.54) is 11.8 Å². The van der Waals surface area contributed by atoms with Gasteiger partial charge in [0.1, 0.15) is 0 Å². The van der Waals surface area contributed by atoms with Crippen LogP contribution in [0.1, 0.15) is 19.4 Å². The number of nitrogens with zero attached hydrogens (tertiary/aromatic N) is 1. The van der Waals surface area contributed by atoms with Crippen LogP contribution in [-0.2, 0) is 15.3 Å². The third-order valence-corrected chi connectivity index (χ3v) is 4.09. The van der Waals surface area contributed by atoms with Crippen LogP contribution in [0.25, 0.3) is 0 Å². The highest BCUT2D eigenvalue weighted by atomic mass is 35.5. The zero-order chi connectivity index (χ0) is 15.7. The van der Waals surface area contributed by atoms with Gasteiger partial charge in [-0.1, -0.05) is 23.7 Å². The van der Waals surface area contributed by atoms with Crippen molar-refractivity contribution in [1.29, 1.82) is 0 Å². The molecule has 0 aliphatic rings. The molecule has 0 aliphatic heterocycles. The smallest absolute Gasteiger partial charge is 0.239 e. The van der Waals surface area contributed by atoms with Crippen molar-refractivity contribution in [2.24, 2.45) is 0 Å². The molecule has 0 aromatic heterocycles. The van der Waals surface area contributed by atoms with E-state index in [0.717, 1.165) is 11.3 Å². The van der Waals surface area contributed by atoms with E-state index in [4.69, 9.17) is 11.6 Å². The van der Waals surface area contributed by atoms with Gasteiger partial charge in [0.2, 0.25) is 11.8 Å². The van der Waals surface area contributed by atoms with Crippen LogP contribution in [0.15, 0.2) is 24.3 Å². The molecular formula is C15H21ClN2O2S. The van der Waals surface area contributed by atoms with Crippen LogP contribution in [0.5, 0.6) is 0 Å². The maximum Gasteiger partial charge on any atom is 0.239 e. The molecule has 2 amide bonds. The summed E-state index contributed by atoms with van der Waals surface area (Å²) in [5, 5.41) is 3.41. The fourth-order valence-corrected chi connectivity index (χ4v) is 2.74. The Kier molecular flexibility index (Phi) is 8.23. The second kappa shape index (κ2) is 9.68. The Balaban J connectivity index is 2.36. The van der Waals surface area contributed by atoms with Gasteiger partial charge in [-0.2, -0.15) is 0 Å². The minimum atomic E-state index is -0.115. The van der Waals surface area contributed by atoms with Crippen molar-refractivity contribution in [1.82, 2.24) is 10.2 Å². The second-order valence-electron chi connectivity index (χ2n) is 4.48. The third-order valence-electron chi connectivity index (χ3n) is 2.85. The van der Waals surface area contributed by atoms with E-state index in [1.54, 1.807) is 4.90 Å². The Morgan fingerprint density at radius 1 is 1.24 bits per heavy atom. The van der Waals surface area contributed by atoms with Gasteiger partial charge >= 0.3 is 0 Å². The number of carbonyl (C=O) groups is 2. The molecule has 6 heteroatoms. The largest absolute Gasteiger partial charge is 0.355 e. The Hall–Kier alpha value is -1.20. The molecule has 0 atom stereocenters. The van der Waals surface area contributed by atoms with Crippen LogP contribution in [-0.4, -0.2) is 42.1 Å². The predicted molar refractivity (Wildman–Crippen MR) is 88.6 cm³/mol. The van der Waals surface area contributed by atoms with Gasteiger partial charge in [-0.15, -0.1) is 11.8 Å². The molecule has 0 bridgehead atoms. The lowest BCUT2D eigenvalue weighted by molar-refractivity contribution is -0.133. The minimum absolute atomic E-state index is 0.0114. The van der Waals surface area contributed by atoms with Crippen molar-refractivity contribution in [3.8, 4) is 0 Å². The molecule has 4 nitrogen and oxygen atoms in total. The number of halogens is 1. The van der Waals surface area contributed by atoms with Gasteiger partial charge in [0, 0.05) is 23.9 Å². The molecule has 1 N–H and O–H groups in total. The van der Waals surface area contributed by atoms with E-state index in [-0.39, 0.29) is 18.4 Å². The molecule has 1 aromatic rings. The predicted octanol–water partition coefficient (Wildman–Crippen LogP) is 2.56. The van der Waals surface area contributed by atoms with Gasteiger partial charge in [-0.25, -0.2) is 0 Å². The lowest BCUT2D eigenvalue weighted by atomic mass is 10.2. The lowest BCUT2D eigenvalue weighted by Crippen LogP contribution is -2.41. The van der Waals surface area contributed by atoms with Gasteiger partial charge in [-0.3, -0.25) is 9.59 Å². The topological polar surface area (TPSA) is 49.4 Å². The van der Waals surface area contributed by atoms with Gasteiger partial charge in [0.25, 0.3) is 0 Å². The van der Waals surface area contributed by atoms with Gasteiger partial charge in [-0.05, 0) is 31.5 Å². The fraction of sp³-hybridized carbons (Fsp3) is 0.467. The highest BCUT2D eigenvalue weighted by molar-refractivity contribution is 7.99. The molecule has 21 heavy (non-hydrogen) atoms. The minimum Gasteiger partial charge on any atom is -0.355 e. The van der Waals surface area contributed by atoms with Gasteiger partial charge < -0.3 is 10.2 Å². The van der Waals surface area contributed by atoms with Crippen molar-refractivity contribution in [2.75, 3.05) is 25.4 Å². The number of rotatable bonds is 8. The molecule has 0 aliphatic carbocycles. The summed E-state index contributed by atoms with van der Waals surface area (Å²) in [5.74, 6) is 0.996. The van der Waals surface area contributed by atoms with E-state index >= 15 is 0 Å². The summed E-state index contributed by atoms with van der Waals surface area (Å²) < 4.78 is 0. The van der Waals surface area contributed by atoms with Crippen LogP contribution in [0.3, 0.4) is 0 Å². The average Bonchev–Trinajstić information content (AvgIpc) is 2.47. The Morgan fingerprint density at radius 2 is 1.90 bits per heavy atom. The van der Waals surface area contributed by atoms with E-state index < -0.39 is 0 Å². The van der Waals surface area contributed by atoms with Crippen molar-refractivity contribution in [2.45, 2.75) is 19.6 Å². The molecule has 0 fully saturated rings. The van der Waals surface area contributed by atoms with Crippen LogP contribution in [0, 0.1) is 0 Å². The van der Waals surface area contributed by atoms with Gasteiger partial charge in [0.15, 0.2) is 0 Å². The lowest BCUT2D eigenvalue weighted by Gasteiger charge is -2.20. The van der Waals surface area contributed by atoms with Crippen molar-refractivity contribution < 1.29 is 9.59 Å². The van der Waals surface area contributed by atoms with Crippen LogP contribution in [0.4, 0.5) is 0 Å². The molecule has 0 spiro atoms. The molecule has 1 aromatic carbocycles. The highest BCUT2D eigenvalue weighted by Gasteiger charge is 2.14. The van der Waals surface area contributed by atoms with Gasteiger partial charge in [0.05, 0.1) is 12.3 Å². The quantitative estimate of drug-likeness (QED) is 0.798. The van der Waals surface area contributed by atoms with Crippen molar-refractivity contribution >= 4 is 35.2 Å². The van der Waals surface area contributed by atoms with E-state index in [9.17, 15) is 9.59 Å². The first-order valence-electron chi connectivity index (χ1n) is 6.93. The zero-order valence-electron chi connectivity index (χ0n) is 12.4. The second-order valence-corrected chi connectivity index (χ2v) is 5.90.